The van der Waals surface area contributed by atoms with E-state index in [1.54, 1.807) is 38.3 Å². The van der Waals surface area contributed by atoms with Crippen LogP contribution in [0.15, 0.2) is 24.3 Å². The summed E-state index contributed by atoms with van der Waals surface area (Å²) in [6, 6.07) is 7.06. The van der Waals surface area contributed by atoms with E-state index in [1.165, 1.54) is 0 Å². The van der Waals surface area contributed by atoms with E-state index < -0.39 is 6.10 Å². The van der Waals surface area contributed by atoms with Crippen LogP contribution in [0.5, 0.6) is 5.75 Å². The molecule has 0 bridgehead atoms. The smallest absolute Gasteiger partial charge is 0.191 e. The number of hydrogen-bond acceptors (Lipinski definition) is 3. The Labute approximate surface area is 103 Å². The Morgan fingerprint density at radius 2 is 1.71 bits per heavy atom. The van der Waals surface area contributed by atoms with Crippen LogP contribution in [0.1, 0.15) is 38.1 Å². The third-order valence-electron chi connectivity index (χ3n) is 2.27. The molecule has 1 rings (SSSR count). The van der Waals surface area contributed by atoms with Crippen molar-refractivity contribution in [1.29, 1.82) is 0 Å². The zero-order valence-electron chi connectivity index (χ0n) is 11.1. The molecule has 0 aliphatic heterocycles. The minimum Gasteiger partial charge on any atom is -0.497 e. The van der Waals surface area contributed by atoms with Crippen molar-refractivity contribution >= 4 is 5.78 Å². The van der Waals surface area contributed by atoms with E-state index in [2.05, 4.69) is 0 Å². The molecule has 94 valence electrons. The van der Waals surface area contributed by atoms with Crippen LogP contribution in [-0.2, 0) is 4.74 Å². The summed E-state index contributed by atoms with van der Waals surface area (Å²) in [6.45, 7) is 7.58. The lowest BCUT2D eigenvalue weighted by Crippen LogP contribution is -2.31. The Kier molecular flexibility index (Phi) is 4.29. The molecule has 1 atom stereocenters. The van der Waals surface area contributed by atoms with Gasteiger partial charge in [0, 0.05) is 5.56 Å². The summed E-state index contributed by atoms with van der Waals surface area (Å²) in [6.07, 6.45) is -0.441. The molecule has 0 saturated carbocycles. The van der Waals surface area contributed by atoms with Crippen molar-refractivity contribution in [1.82, 2.24) is 0 Å². The second-order valence-corrected chi connectivity index (χ2v) is 4.97. The summed E-state index contributed by atoms with van der Waals surface area (Å²) in [5, 5.41) is 0. The molecule has 0 spiro atoms. The number of ketones is 1. The van der Waals surface area contributed by atoms with Gasteiger partial charge in [-0.05, 0) is 52.0 Å². The van der Waals surface area contributed by atoms with Gasteiger partial charge in [-0.2, -0.15) is 0 Å². The van der Waals surface area contributed by atoms with Gasteiger partial charge in [-0.25, -0.2) is 0 Å². The van der Waals surface area contributed by atoms with Crippen molar-refractivity contribution in [2.24, 2.45) is 0 Å². The standard InChI is InChI=1S/C14H20O3/c1-10(17-14(2,3)4)13(15)11-6-8-12(16-5)9-7-11/h6-10H,1-5H3. The van der Waals surface area contributed by atoms with E-state index >= 15 is 0 Å². The quantitative estimate of drug-likeness (QED) is 0.754. The van der Waals surface area contributed by atoms with Crippen molar-refractivity contribution in [3.63, 3.8) is 0 Å². The number of benzene rings is 1. The van der Waals surface area contributed by atoms with Crippen molar-refractivity contribution in [2.45, 2.75) is 39.4 Å². The molecule has 1 aromatic carbocycles. The molecular weight excluding hydrogens is 216 g/mol. The number of hydrogen-bond donors (Lipinski definition) is 0. The van der Waals surface area contributed by atoms with Crippen molar-refractivity contribution in [2.75, 3.05) is 7.11 Å². The lowest BCUT2D eigenvalue weighted by molar-refractivity contribution is -0.0381. The second-order valence-electron chi connectivity index (χ2n) is 4.97. The van der Waals surface area contributed by atoms with E-state index in [1.807, 2.05) is 20.8 Å². The normalized spacial score (nSPS) is 13.2. The summed E-state index contributed by atoms with van der Waals surface area (Å²) in [7, 11) is 1.60. The second kappa shape index (κ2) is 5.32. The van der Waals surface area contributed by atoms with Crippen LogP contribution >= 0.6 is 0 Å². The highest BCUT2D eigenvalue weighted by atomic mass is 16.5. The SMILES string of the molecule is COc1ccc(C(=O)C(C)OC(C)(C)C)cc1. The van der Waals surface area contributed by atoms with Gasteiger partial charge in [0.2, 0.25) is 0 Å². The molecule has 0 aromatic heterocycles. The Morgan fingerprint density at radius 1 is 1.18 bits per heavy atom. The number of methoxy groups -OCH3 is 1. The zero-order chi connectivity index (χ0) is 13.1. The maximum Gasteiger partial charge on any atom is 0.191 e. The number of carbonyl (C=O) groups is 1. The number of Topliss-reactive ketones (excluding diaryl/α,β-unsaturated/α-hetero) is 1. The molecule has 0 heterocycles. The van der Waals surface area contributed by atoms with Gasteiger partial charge in [0.05, 0.1) is 12.7 Å². The highest BCUT2D eigenvalue weighted by molar-refractivity contribution is 5.99. The third-order valence-corrected chi connectivity index (χ3v) is 2.27. The molecule has 1 aromatic rings. The Morgan fingerprint density at radius 3 is 2.12 bits per heavy atom. The molecule has 0 aliphatic rings. The lowest BCUT2D eigenvalue weighted by Gasteiger charge is -2.24. The van der Waals surface area contributed by atoms with Gasteiger partial charge in [-0.1, -0.05) is 0 Å². The highest BCUT2D eigenvalue weighted by Crippen LogP contribution is 2.17. The Bertz CT molecular complexity index is 373. The first-order valence-corrected chi connectivity index (χ1v) is 5.69. The van der Waals surface area contributed by atoms with E-state index in [-0.39, 0.29) is 11.4 Å². The average molecular weight is 236 g/mol. The van der Waals surface area contributed by atoms with Crippen molar-refractivity contribution in [3.8, 4) is 5.75 Å². The molecule has 1 unspecified atom stereocenters. The maximum atomic E-state index is 12.1. The predicted octanol–water partition coefficient (Wildman–Crippen LogP) is 3.08. The van der Waals surface area contributed by atoms with Gasteiger partial charge in [0.1, 0.15) is 11.9 Å². The number of rotatable bonds is 4. The van der Waals surface area contributed by atoms with E-state index in [9.17, 15) is 4.79 Å². The first-order chi connectivity index (χ1) is 7.83. The van der Waals surface area contributed by atoms with Crippen LogP contribution in [0.25, 0.3) is 0 Å². The topological polar surface area (TPSA) is 35.5 Å². The first-order valence-electron chi connectivity index (χ1n) is 5.69. The van der Waals surface area contributed by atoms with Crippen LogP contribution in [0, 0.1) is 0 Å². The monoisotopic (exact) mass is 236 g/mol. The number of carbonyl (C=O) groups excluding carboxylic acids is 1. The van der Waals surface area contributed by atoms with Gasteiger partial charge in [-0.15, -0.1) is 0 Å². The Balaban J connectivity index is 2.75. The van der Waals surface area contributed by atoms with Crippen LogP contribution in [0.4, 0.5) is 0 Å². The maximum absolute atomic E-state index is 12.1. The molecule has 0 saturated heterocycles. The summed E-state index contributed by atoms with van der Waals surface area (Å²) >= 11 is 0. The fourth-order valence-electron chi connectivity index (χ4n) is 1.57. The molecule has 0 aliphatic carbocycles. The minimum atomic E-state index is -0.441. The van der Waals surface area contributed by atoms with E-state index in [0.717, 1.165) is 5.75 Å². The van der Waals surface area contributed by atoms with Gasteiger partial charge in [0.15, 0.2) is 5.78 Å². The average Bonchev–Trinajstić information content (AvgIpc) is 2.26. The fraction of sp³-hybridized carbons (Fsp3) is 0.500. The van der Waals surface area contributed by atoms with E-state index in [0.29, 0.717) is 5.56 Å². The van der Waals surface area contributed by atoms with Gasteiger partial charge < -0.3 is 9.47 Å². The number of ether oxygens (including phenoxy) is 2. The van der Waals surface area contributed by atoms with Crippen LogP contribution in [0.2, 0.25) is 0 Å². The summed E-state index contributed by atoms with van der Waals surface area (Å²) in [5.74, 6) is 0.730. The predicted molar refractivity (Wildman–Crippen MR) is 67.6 cm³/mol. The molecule has 17 heavy (non-hydrogen) atoms. The zero-order valence-corrected chi connectivity index (χ0v) is 11.1. The minimum absolute atomic E-state index is 0.0115. The summed E-state index contributed by atoms with van der Waals surface area (Å²) in [5.41, 5.74) is 0.323. The first kappa shape index (κ1) is 13.7. The van der Waals surface area contributed by atoms with Crippen molar-refractivity contribution < 1.29 is 14.3 Å². The summed E-state index contributed by atoms with van der Waals surface area (Å²) < 4.78 is 10.7. The fourth-order valence-corrected chi connectivity index (χ4v) is 1.57. The molecule has 0 radical (unpaired) electrons. The van der Waals surface area contributed by atoms with Crippen LogP contribution in [0.3, 0.4) is 0 Å². The lowest BCUT2D eigenvalue weighted by atomic mass is 10.1. The molecule has 3 heteroatoms. The van der Waals surface area contributed by atoms with Gasteiger partial charge >= 0.3 is 0 Å². The van der Waals surface area contributed by atoms with Gasteiger partial charge in [0.25, 0.3) is 0 Å². The van der Waals surface area contributed by atoms with Crippen molar-refractivity contribution in [3.05, 3.63) is 29.8 Å². The third kappa shape index (κ3) is 4.19. The molecule has 0 fully saturated rings. The summed E-state index contributed by atoms with van der Waals surface area (Å²) in [4.78, 5) is 12.1. The van der Waals surface area contributed by atoms with Crippen LogP contribution in [-0.4, -0.2) is 24.6 Å². The van der Waals surface area contributed by atoms with Gasteiger partial charge in [-0.3, -0.25) is 4.79 Å². The molecule has 3 nitrogen and oxygen atoms in total. The molecule has 0 N–H and O–H groups in total. The van der Waals surface area contributed by atoms with E-state index in [4.69, 9.17) is 9.47 Å². The molecular formula is C14H20O3. The largest absolute Gasteiger partial charge is 0.497 e. The highest BCUT2D eigenvalue weighted by Gasteiger charge is 2.22. The van der Waals surface area contributed by atoms with Crippen LogP contribution < -0.4 is 4.74 Å². The molecule has 0 amide bonds. The Hall–Kier alpha value is -1.35.